The first kappa shape index (κ1) is 20.6. The van der Waals surface area contributed by atoms with Gasteiger partial charge < -0.3 is 4.90 Å². The molecule has 6 heteroatoms. The number of aryl methyl sites for hydroxylation is 3. The van der Waals surface area contributed by atoms with Gasteiger partial charge in [-0.25, -0.2) is 8.42 Å². The number of benzene rings is 2. The molecule has 0 saturated carbocycles. The number of nitrogens with zero attached hydrogens (tertiary/aromatic N) is 1. The van der Waals surface area contributed by atoms with Gasteiger partial charge >= 0.3 is 0 Å². The molecule has 3 rings (SSSR count). The summed E-state index contributed by atoms with van der Waals surface area (Å²) >= 11 is 0. The Morgan fingerprint density at radius 1 is 1.04 bits per heavy atom. The van der Waals surface area contributed by atoms with E-state index in [9.17, 15) is 13.2 Å². The average Bonchev–Trinajstić information content (AvgIpc) is 3.14. The molecule has 1 saturated heterocycles. The third kappa shape index (κ3) is 4.62. The maximum Gasteiger partial charge on any atom is 0.241 e. The highest BCUT2D eigenvalue weighted by Gasteiger charge is 2.32. The highest BCUT2D eigenvalue weighted by molar-refractivity contribution is 7.89. The van der Waals surface area contributed by atoms with Crippen LogP contribution in [0.15, 0.2) is 47.4 Å². The molecule has 0 unspecified atom stereocenters. The van der Waals surface area contributed by atoms with Gasteiger partial charge in [0.15, 0.2) is 0 Å². The molecule has 150 valence electrons. The molecule has 1 amide bonds. The first-order chi connectivity index (χ1) is 13.3. The molecule has 0 spiro atoms. The van der Waals surface area contributed by atoms with E-state index in [-0.39, 0.29) is 10.8 Å². The van der Waals surface area contributed by atoms with Crippen molar-refractivity contribution in [2.45, 2.75) is 51.0 Å². The third-order valence-electron chi connectivity index (χ3n) is 5.17. The Morgan fingerprint density at radius 2 is 1.61 bits per heavy atom. The SMILES string of the molecule is Cc1cc(C)c(S(=O)(=O)N[C@@H](Cc2ccccc2)C(=O)N2CCCC2)c(C)c1. The van der Waals surface area contributed by atoms with Crippen LogP contribution < -0.4 is 4.72 Å². The lowest BCUT2D eigenvalue weighted by Gasteiger charge is -2.25. The molecule has 0 aromatic heterocycles. The van der Waals surface area contributed by atoms with Gasteiger partial charge in [-0.1, -0.05) is 48.0 Å². The largest absolute Gasteiger partial charge is 0.341 e. The van der Waals surface area contributed by atoms with Gasteiger partial charge in [-0.05, 0) is 56.7 Å². The van der Waals surface area contributed by atoms with Crippen LogP contribution in [0.5, 0.6) is 0 Å². The lowest BCUT2D eigenvalue weighted by Crippen LogP contribution is -2.49. The van der Waals surface area contributed by atoms with E-state index in [1.165, 1.54) is 0 Å². The van der Waals surface area contributed by atoms with Crippen LogP contribution in [0.4, 0.5) is 0 Å². The molecule has 2 aromatic rings. The maximum absolute atomic E-state index is 13.2. The minimum Gasteiger partial charge on any atom is -0.341 e. The van der Waals surface area contributed by atoms with Gasteiger partial charge in [-0.15, -0.1) is 0 Å². The van der Waals surface area contributed by atoms with Gasteiger partial charge in [0.1, 0.15) is 6.04 Å². The second-order valence-electron chi connectivity index (χ2n) is 7.62. The van der Waals surface area contributed by atoms with Gasteiger partial charge in [-0.2, -0.15) is 4.72 Å². The lowest BCUT2D eigenvalue weighted by molar-refractivity contribution is -0.131. The van der Waals surface area contributed by atoms with Crippen LogP contribution in [-0.4, -0.2) is 38.4 Å². The van der Waals surface area contributed by atoms with Gasteiger partial charge in [0, 0.05) is 13.1 Å². The Bertz CT molecular complexity index is 926. The van der Waals surface area contributed by atoms with Crippen LogP contribution in [0.3, 0.4) is 0 Å². The van der Waals surface area contributed by atoms with E-state index in [4.69, 9.17) is 0 Å². The van der Waals surface area contributed by atoms with Crippen molar-refractivity contribution in [2.24, 2.45) is 0 Å². The van der Waals surface area contributed by atoms with Crippen molar-refractivity contribution in [2.75, 3.05) is 13.1 Å². The molecule has 0 bridgehead atoms. The van der Waals surface area contributed by atoms with E-state index in [1.54, 1.807) is 18.7 Å². The number of nitrogens with one attached hydrogen (secondary N) is 1. The van der Waals surface area contributed by atoms with Crippen molar-refractivity contribution < 1.29 is 13.2 Å². The van der Waals surface area contributed by atoms with Gasteiger partial charge in [0.2, 0.25) is 15.9 Å². The van der Waals surface area contributed by atoms with Crippen molar-refractivity contribution in [3.63, 3.8) is 0 Å². The number of hydrogen-bond acceptors (Lipinski definition) is 3. The summed E-state index contributed by atoms with van der Waals surface area (Å²) in [7, 11) is -3.83. The molecular weight excluding hydrogens is 372 g/mol. The third-order valence-corrected chi connectivity index (χ3v) is 6.95. The van der Waals surface area contributed by atoms with Crippen molar-refractivity contribution in [3.8, 4) is 0 Å². The number of hydrogen-bond donors (Lipinski definition) is 1. The van der Waals surface area contributed by atoms with E-state index in [1.807, 2.05) is 49.4 Å². The summed E-state index contributed by atoms with van der Waals surface area (Å²) in [5, 5.41) is 0. The highest BCUT2D eigenvalue weighted by Crippen LogP contribution is 2.23. The molecule has 28 heavy (non-hydrogen) atoms. The molecule has 1 N–H and O–H groups in total. The summed E-state index contributed by atoms with van der Waals surface area (Å²) in [6.45, 7) is 6.91. The van der Waals surface area contributed by atoms with Gasteiger partial charge in [0.25, 0.3) is 0 Å². The molecule has 2 aromatic carbocycles. The van der Waals surface area contributed by atoms with E-state index in [2.05, 4.69) is 4.72 Å². The Labute approximate surface area is 167 Å². The fourth-order valence-corrected chi connectivity index (χ4v) is 5.67. The lowest BCUT2D eigenvalue weighted by atomic mass is 10.1. The minimum atomic E-state index is -3.83. The summed E-state index contributed by atoms with van der Waals surface area (Å²) in [4.78, 5) is 15.1. The summed E-state index contributed by atoms with van der Waals surface area (Å²) in [6.07, 6.45) is 2.26. The first-order valence-electron chi connectivity index (χ1n) is 9.71. The number of rotatable bonds is 6. The molecule has 5 nitrogen and oxygen atoms in total. The highest BCUT2D eigenvalue weighted by atomic mass is 32.2. The molecule has 1 atom stereocenters. The van der Waals surface area contributed by atoms with Gasteiger partial charge in [0.05, 0.1) is 4.90 Å². The zero-order chi connectivity index (χ0) is 20.3. The first-order valence-corrected chi connectivity index (χ1v) is 11.2. The standard InChI is InChI=1S/C22H28N2O3S/c1-16-13-17(2)21(18(3)14-16)28(26,27)23-20(15-19-9-5-4-6-10-19)22(25)24-11-7-8-12-24/h4-6,9-10,13-14,20,23H,7-8,11-12,15H2,1-3H3/t20-/m0/s1. The summed E-state index contributed by atoms with van der Waals surface area (Å²) in [6, 6.07) is 12.4. The van der Waals surface area contributed by atoms with E-state index >= 15 is 0 Å². The molecule has 0 radical (unpaired) electrons. The zero-order valence-corrected chi connectivity index (χ0v) is 17.6. The van der Waals surface area contributed by atoms with Crippen molar-refractivity contribution in [1.29, 1.82) is 0 Å². The molecule has 1 aliphatic heterocycles. The van der Waals surface area contributed by atoms with Crippen LogP contribution in [0, 0.1) is 20.8 Å². The molecule has 0 aliphatic carbocycles. The van der Waals surface area contributed by atoms with E-state index in [0.29, 0.717) is 30.6 Å². The van der Waals surface area contributed by atoms with Crippen molar-refractivity contribution in [1.82, 2.24) is 9.62 Å². The van der Waals surface area contributed by atoms with Crippen LogP contribution >= 0.6 is 0 Å². The monoisotopic (exact) mass is 400 g/mol. The van der Waals surface area contributed by atoms with E-state index in [0.717, 1.165) is 24.0 Å². The quantitative estimate of drug-likeness (QED) is 0.810. The second kappa shape index (κ2) is 8.45. The van der Waals surface area contributed by atoms with Crippen LogP contribution in [0.1, 0.15) is 35.1 Å². The van der Waals surface area contributed by atoms with Gasteiger partial charge in [-0.3, -0.25) is 4.79 Å². The smallest absolute Gasteiger partial charge is 0.241 e. The van der Waals surface area contributed by atoms with Crippen LogP contribution in [-0.2, 0) is 21.2 Å². The normalized spacial score (nSPS) is 15.6. The van der Waals surface area contributed by atoms with Crippen LogP contribution in [0.2, 0.25) is 0 Å². The average molecular weight is 401 g/mol. The molecular formula is C22H28N2O3S. The van der Waals surface area contributed by atoms with Crippen molar-refractivity contribution in [3.05, 3.63) is 64.7 Å². The number of likely N-dealkylation sites (tertiary alicyclic amines) is 1. The Morgan fingerprint density at radius 3 is 2.18 bits per heavy atom. The van der Waals surface area contributed by atoms with Crippen LogP contribution in [0.25, 0.3) is 0 Å². The Balaban J connectivity index is 1.92. The topological polar surface area (TPSA) is 66.5 Å². The fourth-order valence-electron chi connectivity index (χ4n) is 4.02. The summed E-state index contributed by atoms with van der Waals surface area (Å²) in [5.74, 6) is -0.146. The number of amides is 1. The van der Waals surface area contributed by atoms with Crippen molar-refractivity contribution >= 4 is 15.9 Å². The molecule has 1 heterocycles. The predicted octanol–water partition coefficient (Wildman–Crippen LogP) is 3.12. The number of carbonyl (C=O) groups excluding carboxylic acids is 1. The summed E-state index contributed by atoms with van der Waals surface area (Å²) in [5.41, 5.74) is 3.33. The molecule has 1 fully saturated rings. The second-order valence-corrected chi connectivity index (χ2v) is 9.27. The zero-order valence-electron chi connectivity index (χ0n) is 16.7. The maximum atomic E-state index is 13.2. The van der Waals surface area contributed by atoms with E-state index < -0.39 is 16.1 Å². The fraction of sp³-hybridized carbons (Fsp3) is 0.409. The Kier molecular flexibility index (Phi) is 6.20. The predicted molar refractivity (Wildman–Crippen MR) is 111 cm³/mol. The molecule has 1 aliphatic rings. The number of carbonyl (C=O) groups is 1. The Hall–Kier alpha value is -2.18. The minimum absolute atomic E-state index is 0.146. The summed E-state index contributed by atoms with van der Waals surface area (Å²) < 4.78 is 29.2. The number of sulfonamides is 1.